The van der Waals surface area contributed by atoms with Crippen LogP contribution in [0.3, 0.4) is 0 Å². The minimum Gasteiger partial charge on any atom is -0.508 e. The van der Waals surface area contributed by atoms with Crippen molar-refractivity contribution in [3.05, 3.63) is 120 Å². The second kappa shape index (κ2) is 10.1. The topological polar surface area (TPSA) is 67.8 Å². The molecule has 0 heterocycles. The van der Waals surface area contributed by atoms with E-state index in [2.05, 4.69) is 19.2 Å². The summed E-state index contributed by atoms with van der Waals surface area (Å²) in [5.41, 5.74) is 3.47. The number of carbonyl (C=O) groups is 1. The molecule has 0 atom stereocenters. The lowest BCUT2D eigenvalue weighted by molar-refractivity contribution is 0.215. The van der Waals surface area contributed by atoms with Gasteiger partial charge in [0.1, 0.15) is 23.9 Å². The van der Waals surface area contributed by atoms with Crippen LogP contribution < -0.4 is 14.8 Å². The molecule has 4 aromatic rings. The molecule has 172 valence electrons. The maximum Gasteiger partial charge on any atom is 0.417 e. The fourth-order valence-corrected chi connectivity index (χ4v) is 3.63. The SMILES string of the molecule is CC(C)(c1ccc(NC(=O)Oc2ccc(OCc3ccccc3)cc2)cc1)c1cccc(O)c1. The number of rotatable bonds is 7. The van der Waals surface area contributed by atoms with E-state index in [0.717, 1.165) is 16.7 Å². The van der Waals surface area contributed by atoms with E-state index in [4.69, 9.17) is 9.47 Å². The molecule has 1 amide bonds. The first kappa shape index (κ1) is 22.9. The number of aromatic hydroxyl groups is 1. The average molecular weight is 454 g/mol. The van der Waals surface area contributed by atoms with Crippen LogP contribution in [0.4, 0.5) is 10.5 Å². The van der Waals surface area contributed by atoms with E-state index in [-0.39, 0.29) is 11.2 Å². The Hall–Kier alpha value is -4.25. The molecule has 0 saturated heterocycles. The third-order valence-electron chi connectivity index (χ3n) is 5.70. The van der Waals surface area contributed by atoms with Gasteiger partial charge in [-0.15, -0.1) is 0 Å². The Balaban J connectivity index is 1.32. The Labute approximate surface area is 199 Å². The van der Waals surface area contributed by atoms with E-state index in [1.807, 2.05) is 66.7 Å². The number of phenolic OH excluding ortho intramolecular Hbond substituents is 1. The van der Waals surface area contributed by atoms with Crippen LogP contribution in [-0.2, 0) is 12.0 Å². The largest absolute Gasteiger partial charge is 0.508 e. The molecular formula is C29H27NO4. The first-order valence-electron chi connectivity index (χ1n) is 11.1. The van der Waals surface area contributed by atoms with Crippen molar-refractivity contribution in [3.63, 3.8) is 0 Å². The fraction of sp³-hybridized carbons (Fsp3) is 0.138. The molecule has 5 nitrogen and oxygen atoms in total. The molecule has 34 heavy (non-hydrogen) atoms. The van der Waals surface area contributed by atoms with Gasteiger partial charge in [-0.25, -0.2) is 4.79 Å². The predicted molar refractivity (Wildman–Crippen MR) is 134 cm³/mol. The van der Waals surface area contributed by atoms with Crippen molar-refractivity contribution in [2.75, 3.05) is 5.32 Å². The van der Waals surface area contributed by atoms with Crippen molar-refractivity contribution in [2.45, 2.75) is 25.9 Å². The van der Waals surface area contributed by atoms with Gasteiger partial charge in [0.2, 0.25) is 0 Å². The van der Waals surface area contributed by atoms with Crippen LogP contribution >= 0.6 is 0 Å². The van der Waals surface area contributed by atoms with Gasteiger partial charge in [0.05, 0.1) is 0 Å². The Morgan fingerprint density at radius 3 is 2.15 bits per heavy atom. The van der Waals surface area contributed by atoms with E-state index < -0.39 is 6.09 Å². The van der Waals surface area contributed by atoms with Gasteiger partial charge in [0.15, 0.2) is 0 Å². The van der Waals surface area contributed by atoms with Crippen LogP contribution in [0.15, 0.2) is 103 Å². The van der Waals surface area contributed by atoms with E-state index >= 15 is 0 Å². The van der Waals surface area contributed by atoms with E-state index in [9.17, 15) is 9.90 Å². The highest BCUT2D eigenvalue weighted by Crippen LogP contribution is 2.33. The maximum atomic E-state index is 12.3. The van der Waals surface area contributed by atoms with Crippen molar-refractivity contribution in [3.8, 4) is 17.2 Å². The quantitative estimate of drug-likeness (QED) is 0.319. The molecule has 0 aliphatic carbocycles. The van der Waals surface area contributed by atoms with Crippen molar-refractivity contribution < 1.29 is 19.4 Å². The Kier molecular flexibility index (Phi) is 6.83. The van der Waals surface area contributed by atoms with Gasteiger partial charge in [0, 0.05) is 11.1 Å². The van der Waals surface area contributed by atoms with Crippen molar-refractivity contribution >= 4 is 11.8 Å². The third-order valence-corrected chi connectivity index (χ3v) is 5.70. The summed E-state index contributed by atoms with van der Waals surface area (Å²) in [6.45, 7) is 4.65. The first-order valence-corrected chi connectivity index (χ1v) is 11.1. The Morgan fingerprint density at radius 2 is 1.47 bits per heavy atom. The lowest BCUT2D eigenvalue weighted by Gasteiger charge is -2.26. The number of amides is 1. The summed E-state index contributed by atoms with van der Waals surface area (Å²) < 4.78 is 11.1. The lowest BCUT2D eigenvalue weighted by atomic mass is 9.78. The summed E-state index contributed by atoms with van der Waals surface area (Å²) in [6.07, 6.45) is -0.571. The number of phenols is 1. The third kappa shape index (κ3) is 5.75. The van der Waals surface area contributed by atoms with Crippen molar-refractivity contribution in [2.24, 2.45) is 0 Å². The molecule has 0 aromatic heterocycles. The number of hydrogen-bond acceptors (Lipinski definition) is 4. The lowest BCUT2D eigenvalue weighted by Crippen LogP contribution is -2.19. The Bertz CT molecular complexity index is 1230. The minimum absolute atomic E-state index is 0.238. The average Bonchev–Trinajstić information content (AvgIpc) is 2.84. The Morgan fingerprint density at radius 1 is 0.794 bits per heavy atom. The summed E-state index contributed by atoms with van der Waals surface area (Å²) in [7, 11) is 0. The highest BCUT2D eigenvalue weighted by atomic mass is 16.6. The molecule has 0 radical (unpaired) electrons. The molecule has 0 aliphatic heterocycles. The van der Waals surface area contributed by atoms with Gasteiger partial charge in [-0.2, -0.15) is 0 Å². The second-order valence-corrected chi connectivity index (χ2v) is 8.51. The maximum absolute atomic E-state index is 12.3. The van der Waals surface area contributed by atoms with Crippen LogP contribution in [0, 0.1) is 0 Å². The van der Waals surface area contributed by atoms with Crippen LogP contribution in [0.1, 0.15) is 30.5 Å². The smallest absolute Gasteiger partial charge is 0.417 e. The zero-order valence-electron chi connectivity index (χ0n) is 19.2. The predicted octanol–water partition coefficient (Wildman–Crippen LogP) is 6.91. The van der Waals surface area contributed by atoms with Gasteiger partial charge >= 0.3 is 6.09 Å². The van der Waals surface area contributed by atoms with Gasteiger partial charge in [0.25, 0.3) is 0 Å². The molecule has 0 unspecified atom stereocenters. The molecular weight excluding hydrogens is 426 g/mol. The van der Waals surface area contributed by atoms with Crippen molar-refractivity contribution in [1.29, 1.82) is 0 Å². The number of nitrogens with one attached hydrogen (secondary N) is 1. The molecule has 5 heteroatoms. The molecule has 4 rings (SSSR count). The molecule has 0 aliphatic rings. The van der Waals surface area contributed by atoms with Crippen molar-refractivity contribution in [1.82, 2.24) is 0 Å². The summed E-state index contributed by atoms with van der Waals surface area (Å²) in [4.78, 5) is 12.3. The van der Waals surface area contributed by atoms with Crippen LogP contribution in [0.5, 0.6) is 17.2 Å². The minimum atomic E-state index is -0.571. The number of anilines is 1. The highest BCUT2D eigenvalue weighted by molar-refractivity contribution is 5.86. The number of benzene rings is 4. The van der Waals surface area contributed by atoms with Gasteiger partial charge in [-0.3, -0.25) is 5.32 Å². The number of carbonyl (C=O) groups excluding carboxylic acids is 1. The first-order chi connectivity index (χ1) is 16.4. The molecule has 4 aromatic carbocycles. The van der Waals surface area contributed by atoms with E-state index in [1.165, 1.54) is 0 Å². The number of ether oxygens (including phenoxy) is 2. The van der Waals surface area contributed by atoms with Gasteiger partial charge in [-0.1, -0.05) is 68.4 Å². The van der Waals surface area contributed by atoms with E-state index in [0.29, 0.717) is 23.8 Å². The van der Waals surface area contributed by atoms with Crippen LogP contribution in [0.25, 0.3) is 0 Å². The van der Waals surface area contributed by atoms with Gasteiger partial charge < -0.3 is 14.6 Å². The molecule has 0 saturated carbocycles. The summed E-state index contributed by atoms with van der Waals surface area (Å²) in [6, 6.07) is 31.7. The molecule has 0 spiro atoms. The molecule has 0 bridgehead atoms. The zero-order valence-corrected chi connectivity index (χ0v) is 19.2. The molecule has 2 N–H and O–H groups in total. The zero-order chi connectivity index (χ0) is 24.0. The molecule has 0 fully saturated rings. The monoisotopic (exact) mass is 453 g/mol. The summed E-state index contributed by atoms with van der Waals surface area (Å²) in [5.74, 6) is 1.36. The normalized spacial score (nSPS) is 11.0. The summed E-state index contributed by atoms with van der Waals surface area (Å²) >= 11 is 0. The summed E-state index contributed by atoms with van der Waals surface area (Å²) in [5, 5.41) is 12.6. The standard InChI is InChI=1S/C29H27NO4/c1-29(2,23-9-6-10-25(31)19-23)22-11-13-24(14-12-22)30-28(32)34-27-17-15-26(16-18-27)33-20-21-7-4-3-5-8-21/h3-19,31H,20H2,1-2H3,(H,30,32). The fourth-order valence-electron chi connectivity index (χ4n) is 3.63. The van der Waals surface area contributed by atoms with E-state index in [1.54, 1.807) is 36.4 Å². The van der Waals surface area contributed by atoms with Crippen LogP contribution in [0.2, 0.25) is 0 Å². The number of hydrogen-bond donors (Lipinski definition) is 2. The van der Waals surface area contributed by atoms with Crippen LogP contribution in [-0.4, -0.2) is 11.2 Å². The van der Waals surface area contributed by atoms with Gasteiger partial charge in [-0.05, 0) is 65.2 Å². The second-order valence-electron chi connectivity index (χ2n) is 8.51. The highest BCUT2D eigenvalue weighted by Gasteiger charge is 2.23.